The minimum absolute atomic E-state index is 0.512. The van der Waals surface area contributed by atoms with Crippen molar-refractivity contribution in [2.75, 3.05) is 33.3 Å². The maximum Gasteiger partial charge on any atom is 0.0600 e. The van der Waals surface area contributed by atoms with Crippen LogP contribution in [0.1, 0.15) is 38.5 Å². The molecule has 1 aliphatic heterocycles. The summed E-state index contributed by atoms with van der Waals surface area (Å²) in [6.07, 6.45) is 8.51. The van der Waals surface area contributed by atoms with Crippen LogP contribution in [0.4, 0.5) is 0 Å². The van der Waals surface area contributed by atoms with E-state index < -0.39 is 0 Å². The van der Waals surface area contributed by atoms with Gasteiger partial charge in [-0.05, 0) is 45.8 Å². The van der Waals surface area contributed by atoms with Gasteiger partial charge in [0.25, 0.3) is 0 Å². The number of hydrogen-bond acceptors (Lipinski definition) is 3. The zero-order chi connectivity index (χ0) is 11.2. The predicted octanol–water partition coefficient (Wildman–Crippen LogP) is 1.63. The Labute approximate surface area is 99.5 Å². The van der Waals surface area contributed by atoms with Crippen molar-refractivity contribution in [3.8, 4) is 0 Å². The summed E-state index contributed by atoms with van der Waals surface area (Å²) in [5.74, 6) is 0. The Hall–Kier alpha value is -0.120. The first-order valence-electron chi connectivity index (χ1n) is 6.89. The van der Waals surface area contributed by atoms with Crippen molar-refractivity contribution in [3.05, 3.63) is 0 Å². The molecule has 2 rings (SSSR count). The number of rotatable bonds is 5. The largest absolute Gasteiger partial charge is 0.377 e. The highest BCUT2D eigenvalue weighted by molar-refractivity contribution is 4.75. The fraction of sp³-hybridized carbons (Fsp3) is 1.00. The molecule has 0 aromatic heterocycles. The summed E-state index contributed by atoms with van der Waals surface area (Å²) in [5.41, 5.74) is 0. The van der Waals surface area contributed by atoms with E-state index in [1.54, 1.807) is 0 Å². The van der Waals surface area contributed by atoms with Crippen LogP contribution in [-0.4, -0.2) is 50.3 Å². The smallest absolute Gasteiger partial charge is 0.0600 e. The summed E-state index contributed by atoms with van der Waals surface area (Å²) >= 11 is 0. The number of hydrogen-bond donors (Lipinski definition) is 1. The molecule has 0 amide bonds. The lowest BCUT2D eigenvalue weighted by atomic mass is 10.1. The molecular weight excluding hydrogens is 200 g/mol. The second kappa shape index (κ2) is 6.58. The molecule has 0 atom stereocenters. The van der Waals surface area contributed by atoms with Crippen LogP contribution in [-0.2, 0) is 4.74 Å². The Balaban J connectivity index is 1.56. The van der Waals surface area contributed by atoms with E-state index in [0.29, 0.717) is 6.10 Å². The number of piperidine rings is 1. The number of likely N-dealkylation sites (N-methyl/N-ethyl adjacent to an activating group) is 1. The van der Waals surface area contributed by atoms with Crippen molar-refractivity contribution >= 4 is 0 Å². The molecule has 0 bridgehead atoms. The summed E-state index contributed by atoms with van der Waals surface area (Å²) < 4.78 is 5.93. The van der Waals surface area contributed by atoms with Crippen molar-refractivity contribution in [1.29, 1.82) is 0 Å². The highest BCUT2D eigenvalue weighted by Crippen LogP contribution is 2.22. The molecule has 0 spiro atoms. The van der Waals surface area contributed by atoms with E-state index >= 15 is 0 Å². The van der Waals surface area contributed by atoms with E-state index in [1.807, 2.05) is 0 Å². The first-order valence-corrected chi connectivity index (χ1v) is 6.89. The second-order valence-electron chi connectivity index (χ2n) is 5.24. The van der Waals surface area contributed by atoms with Gasteiger partial charge in [-0.25, -0.2) is 0 Å². The van der Waals surface area contributed by atoms with Crippen molar-refractivity contribution in [1.82, 2.24) is 10.2 Å². The van der Waals surface area contributed by atoms with Crippen LogP contribution in [0, 0.1) is 0 Å². The summed E-state index contributed by atoms with van der Waals surface area (Å²) in [6.45, 7) is 4.28. The first kappa shape index (κ1) is 12.3. The van der Waals surface area contributed by atoms with Crippen LogP contribution < -0.4 is 5.32 Å². The van der Waals surface area contributed by atoms with Crippen LogP contribution in [0.2, 0.25) is 0 Å². The molecule has 2 aliphatic rings. The van der Waals surface area contributed by atoms with E-state index in [-0.39, 0.29) is 0 Å². The van der Waals surface area contributed by atoms with Gasteiger partial charge < -0.3 is 15.0 Å². The van der Waals surface area contributed by atoms with Gasteiger partial charge in [-0.3, -0.25) is 0 Å². The van der Waals surface area contributed by atoms with Crippen molar-refractivity contribution in [2.45, 2.75) is 50.7 Å². The van der Waals surface area contributed by atoms with E-state index in [0.717, 1.165) is 32.3 Å². The van der Waals surface area contributed by atoms with E-state index in [4.69, 9.17) is 4.74 Å². The zero-order valence-electron chi connectivity index (χ0n) is 10.6. The van der Waals surface area contributed by atoms with E-state index in [2.05, 4.69) is 17.3 Å². The molecule has 1 N–H and O–H groups in total. The minimum atomic E-state index is 0.512. The molecule has 3 heteroatoms. The monoisotopic (exact) mass is 226 g/mol. The minimum Gasteiger partial charge on any atom is -0.377 e. The predicted molar refractivity (Wildman–Crippen MR) is 66.7 cm³/mol. The van der Waals surface area contributed by atoms with Gasteiger partial charge in [-0.15, -0.1) is 0 Å². The normalized spacial score (nSPS) is 24.4. The van der Waals surface area contributed by atoms with Gasteiger partial charge in [0.1, 0.15) is 0 Å². The fourth-order valence-corrected chi connectivity index (χ4v) is 2.85. The lowest BCUT2D eigenvalue weighted by Crippen LogP contribution is -2.36. The maximum absolute atomic E-state index is 5.93. The Morgan fingerprint density at radius 1 is 1.12 bits per heavy atom. The highest BCUT2D eigenvalue weighted by Gasteiger charge is 2.19. The first-order chi connectivity index (χ1) is 7.86. The molecule has 0 radical (unpaired) electrons. The number of nitrogens with one attached hydrogen (secondary N) is 1. The second-order valence-corrected chi connectivity index (χ2v) is 5.24. The van der Waals surface area contributed by atoms with E-state index in [1.165, 1.54) is 38.5 Å². The molecule has 2 fully saturated rings. The molecule has 1 saturated heterocycles. The Kier molecular flexibility index (Phi) is 5.07. The molecule has 1 aliphatic carbocycles. The van der Waals surface area contributed by atoms with Crippen LogP contribution in [0.25, 0.3) is 0 Å². The van der Waals surface area contributed by atoms with Crippen molar-refractivity contribution in [2.24, 2.45) is 0 Å². The third kappa shape index (κ3) is 3.72. The van der Waals surface area contributed by atoms with E-state index in [9.17, 15) is 0 Å². The topological polar surface area (TPSA) is 24.5 Å². The fourth-order valence-electron chi connectivity index (χ4n) is 2.85. The van der Waals surface area contributed by atoms with Crippen LogP contribution in [0.5, 0.6) is 0 Å². The summed E-state index contributed by atoms with van der Waals surface area (Å²) in [5, 5.41) is 3.37. The zero-order valence-corrected chi connectivity index (χ0v) is 10.6. The molecule has 0 aromatic rings. The summed E-state index contributed by atoms with van der Waals surface area (Å²) in [7, 11) is 2.25. The quantitative estimate of drug-likeness (QED) is 0.771. The SMILES string of the molecule is CN(CCOC1CCNCC1)C1CCCC1. The Bertz CT molecular complexity index is 186. The molecule has 0 unspecified atom stereocenters. The lowest BCUT2D eigenvalue weighted by molar-refractivity contribution is 0.0186. The number of nitrogens with zero attached hydrogens (tertiary/aromatic N) is 1. The van der Waals surface area contributed by atoms with Gasteiger partial charge in [0.15, 0.2) is 0 Å². The van der Waals surface area contributed by atoms with Crippen LogP contribution in [0.3, 0.4) is 0 Å². The lowest BCUT2D eigenvalue weighted by Gasteiger charge is -2.27. The van der Waals surface area contributed by atoms with Gasteiger partial charge in [-0.2, -0.15) is 0 Å². The molecule has 0 aromatic carbocycles. The maximum atomic E-state index is 5.93. The molecule has 3 nitrogen and oxygen atoms in total. The Morgan fingerprint density at radius 3 is 2.50 bits per heavy atom. The van der Waals surface area contributed by atoms with Gasteiger partial charge in [0.05, 0.1) is 12.7 Å². The molecule has 1 heterocycles. The molecule has 16 heavy (non-hydrogen) atoms. The van der Waals surface area contributed by atoms with Crippen molar-refractivity contribution < 1.29 is 4.74 Å². The van der Waals surface area contributed by atoms with Crippen LogP contribution in [0.15, 0.2) is 0 Å². The van der Waals surface area contributed by atoms with Gasteiger partial charge in [-0.1, -0.05) is 12.8 Å². The van der Waals surface area contributed by atoms with Gasteiger partial charge in [0, 0.05) is 12.6 Å². The summed E-state index contributed by atoms with van der Waals surface area (Å²) in [4.78, 5) is 2.49. The van der Waals surface area contributed by atoms with Crippen LogP contribution >= 0.6 is 0 Å². The molecular formula is C13H26N2O. The third-order valence-electron chi connectivity index (χ3n) is 4.03. The number of ether oxygens (including phenoxy) is 1. The van der Waals surface area contributed by atoms with Gasteiger partial charge >= 0.3 is 0 Å². The average Bonchev–Trinajstić information content (AvgIpc) is 2.84. The average molecular weight is 226 g/mol. The highest BCUT2D eigenvalue weighted by atomic mass is 16.5. The molecule has 1 saturated carbocycles. The Morgan fingerprint density at radius 2 is 1.81 bits per heavy atom. The summed E-state index contributed by atoms with van der Waals surface area (Å²) in [6, 6.07) is 0.830. The van der Waals surface area contributed by atoms with Gasteiger partial charge in [0.2, 0.25) is 0 Å². The third-order valence-corrected chi connectivity index (χ3v) is 4.03. The molecule has 94 valence electrons. The standard InChI is InChI=1S/C13H26N2O/c1-15(12-4-2-3-5-12)10-11-16-13-6-8-14-9-7-13/h12-14H,2-11H2,1H3. The van der Waals surface area contributed by atoms with Crippen molar-refractivity contribution in [3.63, 3.8) is 0 Å².